The highest BCUT2D eigenvalue weighted by Gasteiger charge is 2.27. The van der Waals surface area contributed by atoms with Crippen molar-refractivity contribution in [3.63, 3.8) is 0 Å². The van der Waals surface area contributed by atoms with Crippen LogP contribution < -0.4 is 10.5 Å². The number of nitrogens with zero attached hydrogens (tertiary/aromatic N) is 4. The molecule has 1 aromatic carbocycles. The first-order valence-corrected chi connectivity index (χ1v) is 10.5. The fourth-order valence-corrected chi connectivity index (χ4v) is 4.56. The molecule has 2 aromatic heterocycles. The van der Waals surface area contributed by atoms with Crippen molar-refractivity contribution in [3.05, 3.63) is 76.1 Å². The zero-order valence-electron chi connectivity index (χ0n) is 17.4. The van der Waals surface area contributed by atoms with E-state index in [1.54, 1.807) is 0 Å². The zero-order chi connectivity index (χ0) is 21.4. The molecule has 0 bridgehead atoms. The maximum Gasteiger partial charge on any atom is 0.257 e. The van der Waals surface area contributed by atoms with Crippen molar-refractivity contribution in [2.45, 2.75) is 18.9 Å². The number of piperazine rings is 1. The first kappa shape index (κ1) is 22.0. The van der Waals surface area contributed by atoms with E-state index in [1.807, 2.05) is 30.3 Å². The summed E-state index contributed by atoms with van der Waals surface area (Å²) in [7, 11) is 0. The Kier molecular flexibility index (Phi) is 6.26. The summed E-state index contributed by atoms with van der Waals surface area (Å²) in [5.74, 6) is -0.508. The number of fused-ring (bicyclic) bond motifs is 1. The number of H-pyrrole nitrogens is 1. The van der Waals surface area contributed by atoms with Gasteiger partial charge in [-0.05, 0) is 54.8 Å². The topological polar surface area (TPSA) is 76.0 Å². The lowest BCUT2D eigenvalue weighted by molar-refractivity contribution is 0.214. The third-order valence-electron chi connectivity index (χ3n) is 6.25. The molecule has 1 N–H and O–H groups in total. The van der Waals surface area contributed by atoms with E-state index in [1.165, 1.54) is 6.07 Å². The predicted molar refractivity (Wildman–Crippen MR) is 126 cm³/mol. The van der Waals surface area contributed by atoms with Crippen molar-refractivity contribution < 1.29 is 4.39 Å². The molecule has 164 valence electrons. The number of hydrogen-bond donors (Lipinski definition) is 1. The molecule has 1 atom stereocenters. The van der Waals surface area contributed by atoms with E-state index in [-0.39, 0.29) is 23.4 Å². The van der Waals surface area contributed by atoms with E-state index in [0.29, 0.717) is 17.1 Å². The van der Waals surface area contributed by atoms with Crippen LogP contribution in [0.1, 0.15) is 24.1 Å². The summed E-state index contributed by atoms with van der Waals surface area (Å²) in [5.41, 5.74) is 3.93. The van der Waals surface area contributed by atoms with Gasteiger partial charge in [0, 0.05) is 43.6 Å². The monoisotopic (exact) mass is 451 g/mol. The van der Waals surface area contributed by atoms with Gasteiger partial charge in [-0.1, -0.05) is 6.08 Å². The zero-order valence-corrected chi connectivity index (χ0v) is 18.2. The molecular weight excluding hydrogens is 429 g/mol. The molecule has 0 spiro atoms. The summed E-state index contributed by atoms with van der Waals surface area (Å²) in [4.78, 5) is 24.2. The largest absolute Gasteiger partial charge is 0.369 e. The van der Waals surface area contributed by atoms with Crippen LogP contribution in [-0.4, -0.2) is 47.1 Å². The summed E-state index contributed by atoms with van der Waals surface area (Å²) < 4.78 is 13.4. The van der Waals surface area contributed by atoms with Crippen LogP contribution in [0.25, 0.3) is 16.5 Å². The maximum atomic E-state index is 13.4. The second-order valence-electron chi connectivity index (χ2n) is 8.08. The van der Waals surface area contributed by atoms with E-state index in [9.17, 15) is 9.18 Å². The number of nitriles is 1. The van der Waals surface area contributed by atoms with Gasteiger partial charge in [0.2, 0.25) is 0 Å². The molecule has 1 fully saturated rings. The molecule has 1 saturated heterocycles. The number of halogens is 2. The van der Waals surface area contributed by atoms with Crippen molar-refractivity contribution >= 4 is 34.6 Å². The minimum atomic E-state index is -0.508. The van der Waals surface area contributed by atoms with Crippen molar-refractivity contribution in [2.24, 2.45) is 0 Å². The Bertz CT molecular complexity index is 1260. The number of anilines is 1. The smallest absolute Gasteiger partial charge is 0.257 e. The van der Waals surface area contributed by atoms with Gasteiger partial charge in [-0.2, -0.15) is 5.26 Å². The second-order valence-corrected chi connectivity index (χ2v) is 8.08. The minimum Gasteiger partial charge on any atom is -0.369 e. The lowest BCUT2D eigenvalue weighted by Crippen LogP contribution is -2.49. The lowest BCUT2D eigenvalue weighted by Gasteiger charge is -2.38. The van der Waals surface area contributed by atoms with Gasteiger partial charge in [0.1, 0.15) is 5.82 Å². The van der Waals surface area contributed by atoms with Gasteiger partial charge in [-0.15, -0.1) is 12.4 Å². The van der Waals surface area contributed by atoms with Crippen LogP contribution in [0.15, 0.2) is 53.5 Å². The minimum absolute atomic E-state index is 0. The third-order valence-corrected chi connectivity index (χ3v) is 6.25. The molecule has 3 aromatic rings. The average molecular weight is 452 g/mol. The van der Waals surface area contributed by atoms with Crippen LogP contribution in [0.4, 0.5) is 10.1 Å². The molecular formula is C24H23ClFN5O. The lowest BCUT2D eigenvalue weighted by atomic mass is 10.1. The molecule has 2 aliphatic rings. The number of aromatic nitrogens is 2. The SMILES string of the molecule is Cl.N#Cc1ccc(N2CCN([C@H]3C=C(c4cc5ncc(F)cc5c(=O)[nH]4)CC3)CC2)cc1. The van der Waals surface area contributed by atoms with E-state index in [2.05, 4.69) is 31.9 Å². The maximum absolute atomic E-state index is 13.4. The molecule has 32 heavy (non-hydrogen) atoms. The van der Waals surface area contributed by atoms with E-state index in [4.69, 9.17) is 5.26 Å². The molecule has 0 saturated carbocycles. The molecule has 8 heteroatoms. The highest BCUT2D eigenvalue weighted by atomic mass is 35.5. The highest BCUT2D eigenvalue weighted by Crippen LogP contribution is 2.31. The van der Waals surface area contributed by atoms with Crippen LogP contribution in [-0.2, 0) is 0 Å². The quantitative estimate of drug-likeness (QED) is 0.656. The summed E-state index contributed by atoms with van der Waals surface area (Å²) in [6, 6.07) is 13.3. The van der Waals surface area contributed by atoms with Crippen LogP contribution in [0, 0.1) is 17.1 Å². The standard InChI is InChI=1S/C24H22FN5O.ClH/c25-18-12-21-23(27-15-18)13-22(28-24(21)31)17-3-6-20(11-17)30-9-7-29(8-10-30)19-4-1-16(14-26)2-5-19;/h1-2,4-5,11-13,15,20H,3,6-10H2,(H,28,31);1H/t20-;/m1./s1. The molecule has 0 unspecified atom stereocenters. The third kappa shape index (κ3) is 4.24. The number of aromatic amines is 1. The van der Waals surface area contributed by atoms with Crippen LogP contribution >= 0.6 is 12.4 Å². The van der Waals surface area contributed by atoms with Crippen molar-refractivity contribution in [1.82, 2.24) is 14.9 Å². The van der Waals surface area contributed by atoms with E-state index in [0.717, 1.165) is 62.2 Å². The highest BCUT2D eigenvalue weighted by molar-refractivity contribution is 5.85. The molecule has 1 aliphatic carbocycles. The van der Waals surface area contributed by atoms with Gasteiger partial charge in [-0.25, -0.2) is 4.39 Å². The van der Waals surface area contributed by atoms with Crippen molar-refractivity contribution in [3.8, 4) is 6.07 Å². The predicted octanol–water partition coefficient (Wildman–Crippen LogP) is 3.72. The van der Waals surface area contributed by atoms with Crippen molar-refractivity contribution in [1.29, 1.82) is 5.26 Å². The van der Waals surface area contributed by atoms with Gasteiger partial charge < -0.3 is 9.88 Å². The van der Waals surface area contributed by atoms with Gasteiger partial charge >= 0.3 is 0 Å². The summed E-state index contributed by atoms with van der Waals surface area (Å²) in [6.45, 7) is 3.80. The van der Waals surface area contributed by atoms with Crippen LogP contribution in [0.2, 0.25) is 0 Å². The normalized spacial score (nSPS) is 18.8. The Morgan fingerprint density at radius 2 is 1.88 bits per heavy atom. The molecule has 1 aliphatic heterocycles. The van der Waals surface area contributed by atoms with Gasteiger partial charge in [0.05, 0.1) is 28.7 Å². The molecule has 6 nitrogen and oxygen atoms in total. The Morgan fingerprint density at radius 3 is 2.59 bits per heavy atom. The second kappa shape index (κ2) is 9.11. The van der Waals surface area contributed by atoms with Gasteiger partial charge in [0.25, 0.3) is 5.56 Å². The van der Waals surface area contributed by atoms with Crippen LogP contribution in [0.5, 0.6) is 0 Å². The van der Waals surface area contributed by atoms with Crippen LogP contribution in [0.3, 0.4) is 0 Å². The Labute approximate surface area is 191 Å². The molecule has 0 radical (unpaired) electrons. The van der Waals surface area contributed by atoms with Gasteiger partial charge in [-0.3, -0.25) is 14.7 Å². The Morgan fingerprint density at radius 1 is 1.12 bits per heavy atom. The average Bonchev–Trinajstić information content (AvgIpc) is 3.30. The first-order valence-electron chi connectivity index (χ1n) is 10.5. The number of allylic oxidation sites excluding steroid dienone is 1. The fourth-order valence-electron chi connectivity index (χ4n) is 4.56. The number of benzene rings is 1. The Hall–Kier alpha value is -3.21. The van der Waals surface area contributed by atoms with E-state index >= 15 is 0 Å². The summed E-state index contributed by atoms with van der Waals surface area (Å²) >= 11 is 0. The number of nitrogens with one attached hydrogen (secondary N) is 1. The van der Waals surface area contributed by atoms with Gasteiger partial charge in [0.15, 0.2) is 0 Å². The number of pyridine rings is 2. The molecule has 5 rings (SSSR count). The molecule has 3 heterocycles. The number of hydrogen-bond acceptors (Lipinski definition) is 5. The fraction of sp³-hybridized carbons (Fsp3) is 0.292. The van der Waals surface area contributed by atoms with Crippen molar-refractivity contribution in [2.75, 3.05) is 31.1 Å². The first-order chi connectivity index (χ1) is 15.1. The Balaban J connectivity index is 0.00000245. The summed E-state index contributed by atoms with van der Waals surface area (Å²) in [5, 5.41) is 9.24. The number of rotatable bonds is 3. The summed E-state index contributed by atoms with van der Waals surface area (Å²) in [6.07, 6.45) is 5.30. The van der Waals surface area contributed by atoms with E-state index < -0.39 is 5.82 Å². The molecule has 0 amide bonds.